The van der Waals surface area contributed by atoms with E-state index in [1.54, 1.807) is 0 Å². The minimum atomic E-state index is -0.0765. The van der Waals surface area contributed by atoms with Crippen LogP contribution < -0.4 is 0 Å². The Balaban J connectivity index is 2.47. The molecule has 4 nitrogen and oxygen atoms in total. The van der Waals surface area contributed by atoms with Crippen molar-refractivity contribution in [3.63, 3.8) is 0 Å². The first-order valence-electron chi connectivity index (χ1n) is 5.86. The van der Waals surface area contributed by atoms with Crippen molar-refractivity contribution in [2.45, 2.75) is 33.4 Å². The molecule has 0 bridgehead atoms. The minimum absolute atomic E-state index is 0.0765. The van der Waals surface area contributed by atoms with Crippen molar-refractivity contribution in [3.8, 4) is 11.3 Å². The van der Waals surface area contributed by atoms with E-state index in [9.17, 15) is 5.11 Å². The Morgan fingerprint density at radius 2 is 1.94 bits per heavy atom. The zero-order chi connectivity index (χ0) is 12.3. The molecule has 0 fully saturated rings. The van der Waals surface area contributed by atoms with Crippen LogP contribution >= 0.6 is 0 Å². The van der Waals surface area contributed by atoms with E-state index in [0.29, 0.717) is 5.69 Å². The van der Waals surface area contributed by atoms with Crippen molar-refractivity contribution in [2.75, 3.05) is 0 Å². The van der Waals surface area contributed by atoms with E-state index in [2.05, 4.69) is 36.3 Å². The average molecular weight is 231 g/mol. The molecule has 0 amide bonds. The Morgan fingerprint density at radius 3 is 2.53 bits per heavy atom. The van der Waals surface area contributed by atoms with Crippen LogP contribution in [0, 0.1) is 6.92 Å². The van der Waals surface area contributed by atoms with Gasteiger partial charge in [0.25, 0.3) is 0 Å². The topological polar surface area (TPSA) is 50.9 Å². The molecule has 1 aromatic heterocycles. The van der Waals surface area contributed by atoms with Gasteiger partial charge in [-0.3, -0.25) is 0 Å². The number of nitrogens with zero attached hydrogens (tertiary/aromatic N) is 3. The highest BCUT2D eigenvalue weighted by atomic mass is 16.3. The van der Waals surface area contributed by atoms with E-state index in [0.717, 1.165) is 24.2 Å². The Bertz CT molecular complexity index is 488. The number of rotatable bonds is 4. The number of benzene rings is 1. The number of aliphatic hydroxyl groups excluding tert-OH is 1. The lowest BCUT2D eigenvalue weighted by atomic mass is 10.1. The van der Waals surface area contributed by atoms with Crippen LogP contribution in [0.2, 0.25) is 0 Å². The van der Waals surface area contributed by atoms with Gasteiger partial charge in [0.2, 0.25) is 0 Å². The van der Waals surface area contributed by atoms with Gasteiger partial charge in [0.1, 0.15) is 5.69 Å². The largest absolute Gasteiger partial charge is 0.390 e. The molecule has 0 aliphatic carbocycles. The van der Waals surface area contributed by atoms with Crippen molar-refractivity contribution in [1.29, 1.82) is 0 Å². The summed E-state index contributed by atoms with van der Waals surface area (Å²) in [5.41, 5.74) is 3.84. The second-order valence-electron chi connectivity index (χ2n) is 4.13. The summed E-state index contributed by atoms with van der Waals surface area (Å²) in [6, 6.07) is 8.19. The van der Waals surface area contributed by atoms with Crippen LogP contribution in [-0.2, 0) is 13.2 Å². The lowest BCUT2D eigenvalue weighted by Gasteiger charge is -2.06. The lowest BCUT2D eigenvalue weighted by Crippen LogP contribution is -2.02. The normalized spacial score (nSPS) is 10.8. The number of aliphatic hydroxyl groups is 1. The maximum absolute atomic E-state index is 9.30. The molecule has 0 spiro atoms. The van der Waals surface area contributed by atoms with E-state index in [1.165, 1.54) is 5.56 Å². The van der Waals surface area contributed by atoms with Crippen molar-refractivity contribution in [3.05, 3.63) is 35.5 Å². The average Bonchev–Trinajstić information content (AvgIpc) is 2.74. The summed E-state index contributed by atoms with van der Waals surface area (Å²) in [6.45, 7) is 4.89. The van der Waals surface area contributed by atoms with Crippen molar-refractivity contribution < 1.29 is 5.11 Å². The van der Waals surface area contributed by atoms with Gasteiger partial charge in [-0.15, -0.1) is 5.10 Å². The van der Waals surface area contributed by atoms with Crippen LogP contribution in [0.1, 0.15) is 24.6 Å². The maximum Gasteiger partial charge on any atom is 0.116 e. The molecule has 90 valence electrons. The maximum atomic E-state index is 9.30. The smallest absolute Gasteiger partial charge is 0.116 e. The van der Waals surface area contributed by atoms with Gasteiger partial charge in [-0.1, -0.05) is 42.0 Å². The highest BCUT2D eigenvalue weighted by molar-refractivity contribution is 5.62. The molecule has 0 atom stereocenters. The van der Waals surface area contributed by atoms with Crippen LogP contribution in [0.4, 0.5) is 0 Å². The summed E-state index contributed by atoms with van der Waals surface area (Å²) < 4.78 is 1.86. The fourth-order valence-electron chi connectivity index (χ4n) is 1.85. The summed E-state index contributed by atoms with van der Waals surface area (Å²) in [6.07, 6.45) is 0.993. The monoisotopic (exact) mass is 231 g/mol. The molecule has 2 rings (SSSR count). The summed E-state index contributed by atoms with van der Waals surface area (Å²) in [4.78, 5) is 0. The van der Waals surface area contributed by atoms with Gasteiger partial charge in [0, 0.05) is 12.1 Å². The van der Waals surface area contributed by atoms with Crippen LogP contribution in [0.5, 0.6) is 0 Å². The molecule has 1 N–H and O–H groups in total. The van der Waals surface area contributed by atoms with E-state index < -0.39 is 0 Å². The Hall–Kier alpha value is -1.68. The highest BCUT2D eigenvalue weighted by Gasteiger charge is 2.13. The third-order valence-corrected chi connectivity index (χ3v) is 2.72. The van der Waals surface area contributed by atoms with E-state index in [4.69, 9.17) is 0 Å². The molecule has 2 aromatic rings. The van der Waals surface area contributed by atoms with Gasteiger partial charge in [-0.2, -0.15) is 0 Å². The second kappa shape index (κ2) is 5.10. The SMILES string of the molecule is CCCn1nnc(CO)c1-c1ccc(C)cc1. The molecular formula is C13H17N3O. The summed E-state index contributed by atoms with van der Waals surface area (Å²) in [5.74, 6) is 0. The predicted molar refractivity (Wildman–Crippen MR) is 66.4 cm³/mol. The van der Waals surface area contributed by atoms with Gasteiger partial charge in [0.15, 0.2) is 0 Å². The molecule has 0 aliphatic heterocycles. The Labute approximate surface area is 101 Å². The number of aromatic nitrogens is 3. The molecule has 4 heteroatoms. The van der Waals surface area contributed by atoms with Gasteiger partial charge in [-0.25, -0.2) is 4.68 Å². The first-order chi connectivity index (χ1) is 8.26. The van der Waals surface area contributed by atoms with E-state index >= 15 is 0 Å². The number of aryl methyl sites for hydroxylation is 2. The van der Waals surface area contributed by atoms with Crippen molar-refractivity contribution in [2.24, 2.45) is 0 Å². The fourth-order valence-corrected chi connectivity index (χ4v) is 1.85. The molecule has 17 heavy (non-hydrogen) atoms. The summed E-state index contributed by atoms with van der Waals surface area (Å²) in [5, 5.41) is 17.4. The minimum Gasteiger partial charge on any atom is -0.390 e. The molecule has 0 saturated heterocycles. The number of hydrogen-bond donors (Lipinski definition) is 1. The molecule has 1 aromatic carbocycles. The van der Waals surface area contributed by atoms with E-state index in [-0.39, 0.29) is 6.61 Å². The molecule has 0 aliphatic rings. The molecular weight excluding hydrogens is 214 g/mol. The molecule has 0 saturated carbocycles. The highest BCUT2D eigenvalue weighted by Crippen LogP contribution is 2.23. The Morgan fingerprint density at radius 1 is 1.24 bits per heavy atom. The van der Waals surface area contributed by atoms with Crippen molar-refractivity contribution in [1.82, 2.24) is 15.0 Å². The first-order valence-corrected chi connectivity index (χ1v) is 5.86. The van der Waals surface area contributed by atoms with Crippen LogP contribution in [0.15, 0.2) is 24.3 Å². The number of hydrogen-bond acceptors (Lipinski definition) is 3. The predicted octanol–water partition coefficient (Wildman–Crippen LogP) is 2.16. The third-order valence-electron chi connectivity index (χ3n) is 2.72. The molecule has 0 unspecified atom stereocenters. The third kappa shape index (κ3) is 2.36. The van der Waals surface area contributed by atoms with Gasteiger partial charge < -0.3 is 5.11 Å². The van der Waals surface area contributed by atoms with E-state index in [1.807, 2.05) is 16.8 Å². The van der Waals surface area contributed by atoms with Gasteiger partial charge in [-0.05, 0) is 13.3 Å². The van der Waals surface area contributed by atoms with Crippen LogP contribution in [0.25, 0.3) is 11.3 Å². The second-order valence-corrected chi connectivity index (χ2v) is 4.13. The van der Waals surface area contributed by atoms with Gasteiger partial charge in [0.05, 0.1) is 12.3 Å². The summed E-state index contributed by atoms with van der Waals surface area (Å²) in [7, 11) is 0. The fraction of sp³-hybridized carbons (Fsp3) is 0.385. The lowest BCUT2D eigenvalue weighted by molar-refractivity contribution is 0.277. The summed E-state index contributed by atoms with van der Waals surface area (Å²) >= 11 is 0. The zero-order valence-corrected chi connectivity index (χ0v) is 10.2. The molecule has 1 heterocycles. The zero-order valence-electron chi connectivity index (χ0n) is 10.2. The first kappa shape index (κ1) is 11.8. The Kier molecular flexibility index (Phi) is 3.54. The van der Waals surface area contributed by atoms with Crippen LogP contribution in [-0.4, -0.2) is 20.1 Å². The quantitative estimate of drug-likeness (QED) is 0.877. The standard InChI is InChI=1S/C13H17N3O/c1-3-8-16-13(12(9-17)14-15-16)11-6-4-10(2)5-7-11/h4-7,17H,3,8-9H2,1-2H3. The molecule has 0 radical (unpaired) electrons. The van der Waals surface area contributed by atoms with Crippen molar-refractivity contribution >= 4 is 0 Å². The van der Waals surface area contributed by atoms with Gasteiger partial charge >= 0.3 is 0 Å². The van der Waals surface area contributed by atoms with Crippen LogP contribution in [0.3, 0.4) is 0 Å².